The van der Waals surface area contributed by atoms with Gasteiger partial charge in [0.25, 0.3) is 0 Å². The van der Waals surface area contributed by atoms with E-state index in [1.165, 1.54) is 0 Å². The molecule has 0 N–H and O–H groups in total. The number of rotatable bonds is 4. The normalized spacial score (nSPS) is 9.69. The molecule has 0 aliphatic heterocycles. The molecule has 0 aromatic carbocycles. The molecular weight excluding hydrogens is 230 g/mol. The van der Waals surface area contributed by atoms with E-state index in [4.69, 9.17) is 4.74 Å². The van der Waals surface area contributed by atoms with Crippen molar-refractivity contribution in [3.8, 4) is 5.75 Å². The van der Waals surface area contributed by atoms with Crippen molar-refractivity contribution in [2.75, 3.05) is 6.61 Å². The van der Waals surface area contributed by atoms with Crippen LogP contribution in [0.3, 0.4) is 0 Å². The number of ether oxygens (including phenoxy) is 1. The summed E-state index contributed by atoms with van der Waals surface area (Å²) in [5.74, 6) is 0.785. The maximum atomic E-state index is 5.45. The van der Waals surface area contributed by atoms with Crippen molar-refractivity contribution in [3.63, 3.8) is 0 Å². The van der Waals surface area contributed by atoms with Gasteiger partial charge in [0.2, 0.25) is 0 Å². The molecule has 1 aromatic heterocycles. The molecule has 0 saturated heterocycles. The molecule has 0 aliphatic rings. The molecule has 1 rings (SSSR count). The molecule has 0 atom stereocenters. The Morgan fingerprint density at radius 2 is 2.38 bits per heavy atom. The van der Waals surface area contributed by atoms with E-state index in [1.54, 1.807) is 0 Å². The molecule has 0 fully saturated rings. The van der Waals surface area contributed by atoms with Gasteiger partial charge >= 0.3 is 0 Å². The Hall–Kier alpha value is -0.830. The first-order chi connectivity index (χ1) is 6.24. The standard InChI is InChI=1S/C10H12BrNO/c1-3-4-7-13-9-6-5-8(2)12-10(9)11/h3,5-6H,1,4,7H2,2H3. The minimum Gasteiger partial charge on any atom is -0.490 e. The SMILES string of the molecule is C=CCCOc1ccc(C)nc1Br. The van der Waals surface area contributed by atoms with Gasteiger partial charge < -0.3 is 4.74 Å². The van der Waals surface area contributed by atoms with Crippen LogP contribution in [0, 0.1) is 6.92 Å². The summed E-state index contributed by atoms with van der Waals surface area (Å²) in [4.78, 5) is 4.22. The highest BCUT2D eigenvalue weighted by Crippen LogP contribution is 2.22. The molecule has 0 amide bonds. The summed E-state index contributed by atoms with van der Waals surface area (Å²) in [6, 6.07) is 3.84. The van der Waals surface area contributed by atoms with Crippen molar-refractivity contribution in [1.82, 2.24) is 4.98 Å². The van der Waals surface area contributed by atoms with Gasteiger partial charge in [-0.15, -0.1) is 6.58 Å². The van der Waals surface area contributed by atoms with Crippen molar-refractivity contribution in [3.05, 3.63) is 35.1 Å². The Labute approximate surface area is 86.8 Å². The summed E-state index contributed by atoms with van der Waals surface area (Å²) in [5, 5.41) is 0. The molecule has 70 valence electrons. The largest absolute Gasteiger partial charge is 0.490 e. The minimum absolute atomic E-state index is 0.646. The molecule has 0 saturated carbocycles. The highest BCUT2D eigenvalue weighted by molar-refractivity contribution is 9.10. The highest BCUT2D eigenvalue weighted by Gasteiger charge is 2.00. The van der Waals surface area contributed by atoms with E-state index in [0.29, 0.717) is 6.61 Å². The number of pyridine rings is 1. The predicted octanol–water partition coefficient (Wildman–Crippen LogP) is 3.11. The number of hydrogen-bond acceptors (Lipinski definition) is 2. The quantitative estimate of drug-likeness (QED) is 0.459. The summed E-state index contributed by atoms with van der Waals surface area (Å²) >= 11 is 3.34. The number of halogens is 1. The van der Waals surface area contributed by atoms with Gasteiger partial charge in [0, 0.05) is 5.69 Å². The Morgan fingerprint density at radius 1 is 1.62 bits per heavy atom. The van der Waals surface area contributed by atoms with Gasteiger partial charge in [0.15, 0.2) is 5.75 Å². The van der Waals surface area contributed by atoms with E-state index >= 15 is 0 Å². The lowest BCUT2D eigenvalue weighted by Crippen LogP contribution is -1.97. The third kappa shape index (κ3) is 3.19. The van der Waals surface area contributed by atoms with Crippen LogP contribution in [0.5, 0.6) is 5.75 Å². The molecule has 0 aliphatic carbocycles. The van der Waals surface area contributed by atoms with Crippen LogP contribution in [0.4, 0.5) is 0 Å². The lowest BCUT2D eigenvalue weighted by atomic mass is 10.4. The van der Waals surface area contributed by atoms with Gasteiger partial charge in [-0.05, 0) is 41.4 Å². The molecule has 0 spiro atoms. The van der Waals surface area contributed by atoms with Gasteiger partial charge in [0.05, 0.1) is 6.61 Å². The second-order valence-corrected chi connectivity index (χ2v) is 3.42. The van der Waals surface area contributed by atoms with Gasteiger partial charge in [-0.2, -0.15) is 0 Å². The van der Waals surface area contributed by atoms with Gasteiger partial charge in [-0.3, -0.25) is 0 Å². The molecule has 1 heterocycles. The average Bonchev–Trinajstić information content (AvgIpc) is 2.09. The van der Waals surface area contributed by atoms with Gasteiger partial charge in [0.1, 0.15) is 4.60 Å². The van der Waals surface area contributed by atoms with Crippen LogP contribution < -0.4 is 4.74 Å². The predicted molar refractivity (Wildman–Crippen MR) is 57.0 cm³/mol. The third-order valence-corrected chi connectivity index (χ3v) is 2.10. The van der Waals surface area contributed by atoms with Crippen molar-refractivity contribution in [1.29, 1.82) is 0 Å². The van der Waals surface area contributed by atoms with E-state index in [0.717, 1.165) is 22.5 Å². The Kier molecular flexibility index (Phi) is 3.96. The fraction of sp³-hybridized carbons (Fsp3) is 0.300. The summed E-state index contributed by atoms with van der Waals surface area (Å²) in [6.45, 7) is 6.21. The van der Waals surface area contributed by atoms with Crippen LogP contribution in [-0.4, -0.2) is 11.6 Å². The second-order valence-electron chi connectivity index (χ2n) is 2.67. The number of nitrogens with zero attached hydrogens (tertiary/aromatic N) is 1. The van der Waals surface area contributed by atoms with Crippen LogP contribution in [0.2, 0.25) is 0 Å². The van der Waals surface area contributed by atoms with Crippen LogP contribution in [0.1, 0.15) is 12.1 Å². The Balaban J connectivity index is 2.61. The smallest absolute Gasteiger partial charge is 0.152 e. The van der Waals surface area contributed by atoms with Crippen LogP contribution in [0.15, 0.2) is 29.4 Å². The zero-order valence-corrected chi connectivity index (χ0v) is 9.17. The zero-order chi connectivity index (χ0) is 9.68. The van der Waals surface area contributed by atoms with Crippen LogP contribution in [-0.2, 0) is 0 Å². The highest BCUT2D eigenvalue weighted by atomic mass is 79.9. The van der Waals surface area contributed by atoms with E-state index in [1.807, 2.05) is 25.1 Å². The van der Waals surface area contributed by atoms with Gasteiger partial charge in [-0.25, -0.2) is 4.98 Å². The van der Waals surface area contributed by atoms with Crippen molar-refractivity contribution >= 4 is 15.9 Å². The minimum atomic E-state index is 0.646. The average molecular weight is 242 g/mol. The van der Waals surface area contributed by atoms with Gasteiger partial charge in [-0.1, -0.05) is 6.08 Å². The van der Waals surface area contributed by atoms with E-state index in [2.05, 4.69) is 27.5 Å². The van der Waals surface area contributed by atoms with E-state index in [-0.39, 0.29) is 0 Å². The maximum Gasteiger partial charge on any atom is 0.152 e. The fourth-order valence-corrected chi connectivity index (χ4v) is 1.40. The first-order valence-corrected chi connectivity index (χ1v) is 4.90. The zero-order valence-electron chi connectivity index (χ0n) is 7.59. The van der Waals surface area contributed by atoms with Crippen molar-refractivity contribution < 1.29 is 4.74 Å². The summed E-state index contributed by atoms with van der Waals surface area (Å²) < 4.78 is 6.21. The second kappa shape index (κ2) is 5.02. The first-order valence-electron chi connectivity index (χ1n) is 4.11. The van der Waals surface area contributed by atoms with E-state index in [9.17, 15) is 0 Å². The molecule has 0 unspecified atom stereocenters. The summed E-state index contributed by atoms with van der Waals surface area (Å²) in [7, 11) is 0. The summed E-state index contributed by atoms with van der Waals surface area (Å²) in [6.07, 6.45) is 2.68. The topological polar surface area (TPSA) is 22.1 Å². The van der Waals surface area contributed by atoms with Crippen molar-refractivity contribution in [2.45, 2.75) is 13.3 Å². The van der Waals surface area contributed by atoms with Crippen LogP contribution >= 0.6 is 15.9 Å². The molecule has 0 radical (unpaired) electrons. The molecule has 3 heteroatoms. The monoisotopic (exact) mass is 241 g/mol. The molecular formula is C10H12BrNO. The molecule has 2 nitrogen and oxygen atoms in total. The molecule has 0 bridgehead atoms. The molecule has 13 heavy (non-hydrogen) atoms. The van der Waals surface area contributed by atoms with Crippen molar-refractivity contribution in [2.24, 2.45) is 0 Å². The lowest BCUT2D eigenvalue weighted by Gasteiger charge is -2.06. The fourth-order valence-electron chi connectivity index (χ4n) is 0.872. The number of hydrogen-bond donors (Lipinski definition) is 0. The number of aromatic nitrogens is 1. The van der Waals surface area contributed by atoms with Crippen LogP contribution in [0.25, 0.3) is 0 Å². The first kappa shape index (κ1) is 10.3. The number of aryl methyl sites for hydroxylation is 1. The Morgan fingerprint density at radius 3 is 3.00 bits per heavy atom. The third-order valence-electron chi connectivity index (χ3n) is 1.53. The maximum absolute atomic E-state index is 5.45. The molecule has 1 aromatic rings. The lowest BCUT2D eigenvalue weighted by molar-refractivity contribution is 0.321. The van der Waals surface area contributed by atoms with E-state index < -0.39 is 0 Å². The summed E-state index contributed by atoms with van der Waals surface area (Å²) in [5.41, 5.74) is 0.975. The Bertz CT molecular complexity index is 299.